The topological polar surface area (TPSA) is 45.0 Å². The van der Waals surface area contributed by atoms with Gasteiger partial charge >= 0.3 is 0 Å². The molecule has 1 N–H and O–H groups in total. The second-order valence-electron chi connectivity index (χ2n) is 7.22. The quantitative estimate of drug-likeness (QED) is 0.867. The van der Waals surface area contributed by atoms with Gasteiger partial charge in [-0.2, -0.15) is 5.26 Å². The molecule has 0 bridgehead atoms. The van der Waals surface area contributed by atoms with E-state index in [9.17, 15) is 5.26 Å². The molecule has 24 heavy (non-hydrogen) atoms. The van der Waals surface area contributed by atoms with Gasteiger partial charge in [-0.05, 0) is 30.9 Å². The molecule has 1 aliphatic carbocycles. The van der Waals surface area contributed by atoms with E-state index in [1.807, 2.05) is 24.3 Å². The lowest BCUT2D eigenvalue weighted by Crippen LogP contribution is -2.44. The summed E-state index contributed by atoms with van der Waals surface area (Å²) in [7, 11) is 0. The summed E-state index contributed by atoms with van der Waals surface area (Å²) < 4.78 is 6.34. The number of nitrogens with zero attached hydrogens (tertiary/aromatic N) is 1. The van der Waals surface area contributed by atoms with Gasteiger partial charge in [-0.3, -0.25) is 5.32 Å². The van der Waals surface area contributed by atoms with Crippen LogP contribution in [0.1, 0.15) is 36.4 Å². The van der Waals surface area contributed by atoms with Gasteiger partial charge in [-0.15, -0.1) is 0 Å². The lowest BCUT2D eigenvalue weighted by atomic mass is 9.66. The van der Waals surface area contributed by atoms with Crippen LogP contribution in [-0.4, -0.2) is 6.10 Å². The lowest BCUT2D eigenvalue weighted by molar-refractivity contribution is 0.0347. The molecule has 2 aromatic rings. The van der Waals surface area contributed by atoms with Crippen molar-refractivity contribution in [3.05, 3.63) is 65.7 Å². The van der Waals surface area contributed by atoms with E-state index in [4.69, 9.17) is 4.74 Å². The first-order valence-electron chi connectivity index (χ1n) is 8.83. The van der Waals surface area contributed by atoms with Crippen molar-refractivity contribution in [2.75, 3.05) is 0 Å². The largest absolute Gasteiger partial charge is 0.490 e. The van der Waals surface area contributed by atoms with Crippen molar-refractivity contribution in [2.45, 2.75) is 36.9 Å². The van der Waals surface area contributed by atoms with E-state index < -0.39 is 5.54 Å². The fourth-order valence-corrected chi connectivity index (χ4v) is 5.19. The average Bonchev–Trinajstić information content (AvgIpc) is 3.00. The van der Waals surface area contributed by atoms with Crippen LogP contribution >= 0.6 is 0 Å². The summed E-state index contributed by atoms with van der Waals surface area (Å²) in [5.41, 5.74) is 1.68. The van der Waals surface area contributed by atoms with Crippen LogP contribution < -0.4 is 10.1 Å². The maximum Gasteiger partial charge on any atom is 0.136 e. The first-order valence-corrected chi connectivity index (χ1v) is 8.83. The van der Waals surface area contributed by atoms with E-state index in [0.29, 0.717) is 11.8 Å². The minimum absolute atomic E-state index is 0.199. The molecule has 0 radical (unpaired) electrons. The molecule has 1 saturated heterocycles. The Balaban J connectivity index is 1.68. The van der Waals surface area contributed by atoms with Crippen LogP contribution in [0.5, 0.6) is 5.75 Å². The maximum atomic E-state index is 10.2. The fraction of sp³-hybridized carbons (Fsp3) is 0.381. The van der Waals surface area contributed by atoms with E-state index in [1.54, 1.807) is 0 Å². The predicted molar refractivity (Wildman–Crippen MR) is 91.3 cm³/mol. The van der Waals surface area contributed by atoms with Gasteiger partial charge in [0.05, 0.1) is 6.07 Å². The third-order valence-electron chi connectivity index (χ3n) is 6.16. The molecular formula is C21H20N2O. The van der Waals surface area contributed by atoms with Crippen LogP contribution in [0.15, 0.2) is 54.6 Å². The fourth-order valence-electron chi connectivity index (χ4n) is 5.19. The Morgan fingerprint density at radius 2 is 1.83 bits per heavy atom. The zero-order chi connectivity index (χ0) is 16.1. The highest BCUT2D eigenvalue weighted by molar-refractivity contribution is 5.45. The molecule has 2 aliphatic heterocycles. The molecule has 0 spiro atoms. The van der Waals surface area contributed by atoms with E-state index in [0.717, 1.165) is 30.6 Å². The second-order valence-corrected chi connectivity index (χ2v) is 7.22. The molecule has 5 rings (SSSR count). The minimum atomic E-state index is -0.615. The number of fused-ring (bicyclic) bond motifs is 2. The Labute approximate surface area is 142 Å². The Morgan fingerprint density at radius 1 is 1.04 bits per heavy atom. The Bertz CT molecular complexity index is 812. The molecule has 2 heterocycles. The van der Waals surface area contributed by atoms with Crippen LogP contribution in [0, 0.1) is 23.2 Å². The van der Waals surface area contributed by atoms with E-state index >= 15 is 0 Å². The van der Waals surface area contributed by atoms with E-state index in [-0.39, 0.29) is 12.1 Å². The van der Waals surface area contributed by atoms with Crippen LogP contribution in [0.4, 0.5) is 0 Å². The molecule has 0 amide bonds. The number of nitriles is 1. The highest BCUT2D eigenvalue weighted by atomic mass is 16.5. The number of hydrogen-bond acceptors (Lipinski definition) is 3. The van der Waals surface area contributed by atoms with Crippen molar-refractivity contribution in [1.29, 1.82) is 5.26 Å². The number of nitrogens with one attached hydrogen (secondary N) is 1. The summed E-state index contributed by atoms with van der Waals surface area (Å²) in [5, 5.41) is 14.0. The minimum Gasteiger partial charge on any atom is -0.490 e. The first kappa shape index (κ1) is 14.1. The molecule has 3 heteroatoms. The van der Waals surface area contributed by atoms with Gasteiger partial charge in [0.2, 0.25) is 0 Å². The summed E-state index contributed by atoms with van der Waals surface area (Å²) in [6.07, 6.45) is 3.51. The smallest absolute Gasteiger partial charge is 0.136 e. The molecule has 2 aromatic carbocycles. The van der Waals surface area contributed by atoms with Gasteiger partial charge in [-0.25, -0.2) is 0 Å². The summed E-state index contributed by atoms with van der Waals surface area (Å²) in [4.78, 5) is 0. The zero-order valence-corrected chi connectivity index (χ0v) is 13.5. The van der Waals surface area contributed by atoms with Gasteiger partial charge in [-0.1, -0.05) is 48.5 Å². The highest BCUT2D eigenvalue weighted by Crippen LogP contribution is 2.57. The van der Waals surface area contributed by atoms with Gasteiger partial charge < -0.3 is 4.74 Å². The van der Waals surface area contributed by atoms with Crippen LogP contribution in [0.3, 0.4) is 0 Å². The third kappa shape index (κ3) is 1.75. The number of hydrogen-bond donors (Lipinski definition) is 1. The van der Waals surface area contributed by atoms with Gasteiger partial charge in [0, 0.05) is 23.4 Å². The van der Waals surface area contributed by atoms with Crippen molar-refractivity contribution < 1.29 is 4.74 Å². The Kier molecular flexibility index (Phi) is 2.98. The zero-order valence-electron chi connectivity index (χ0n) is 13.5. The van der Waals surface area contributed by atoms with Crippen molar-refractivity contribution in [1.82, 2.24) is 5.32 Å². The molecule has 0 aromatic heterocycles. The summed E-state index contributed by atoms with van der Waals surface area (Å²) in [5.74, 6) is 1.65. The number of rotatable bonds is 1. The summed E-state index contributed by atoms with van der Waals surface area (Å²) in [6.45, 7) is 0. The molecule has 0 unspecified atom stereocenters. The molecule has 5 atom stereocenters. The number of ether oxygens (including phenoxy) is 1. The Hall–Kier alpha value is -2.31. The number of benzene rings is 2. The monoisotopic (exact) mass is 316 g/mol. The standard InChI is InChI=1S/C21H20N2O/c22-13-21(14-7-2-1-3-8-14)16-10-6-12-18-19(16)20(23-21)15-9-4-5-11-17(15)24-18/h1-5,7-9,11,16,18-20,23H,6,10,12H2/t16-,18+,19+,20-,21-/m0/s1. The van der Waals surface area contributed by atoms with Crippen molar-refractivity contribution in [2.24, 2.45) is 11.8 Å². The molecule has 120 valence electrons. The van der Waals surface area contributed by atoms with E-state index in [1.165, 1.54) is 5.56 Å². The number of para-hydroxylation sites is 1. The maximum absolute atomic E-state index is 10.2. The SMILES string of the molecule is N#C[C@@]1(c2ccccc2)N[C@H]2c3ccccc3O[C@@H]3CCC[C@H]1[C@H]32. The lowest BCUT2D eigenvalue weighted by Gasteiger charge is -2.42. The van der Waals surface area contributed by atoms with Gasteiger partial charge in [0.15, 0.2) is 0 Å². The van der Waals surface area contributed by atoms with Gasteiger partial charge in [0.25, 0.3) is 0 Å². The first-order chi connectivity index (χ1) is 11.8. The highest BCUT2D eigenvalue weighted by Gasteiger charge is 2.60. The predicted octanol–water partition coefficient (Wildman–Crippen LogP) is 3.93. The second kappa shape index (κ2) is 5.09. The molecular weight excluding hydrogens is 296 g/mol. The van der Waals surface area contributed by atoms with E-state index in [2.05, 4.69) is 41.7 Å². The van der Waals surface area contributed by atoms with Crippen molar-refractivity contribution in [3.8, 4) is 11.8 Å². The molecule has 2 fully saturated rings. The van der Waals surface area contributed by atoms with Crippen molar-refractivity contribution in [3.63, 3.8) is 0 Å². The Morgan fingerprint density at radius 3 is 2.67 bits per heavy atom. The van der Waals surface area contributed by atoms with Crippen LogP contribution in [0.25, 0.3) is 0 Å². The third-order valence-corrected chi connectivity index (χ3v) is 6.16. The summed E-state index contributed by atoms with van der Waals surface area (Å²) in [6, 6.07) is 21.4. The van der Waals surface area contributed by atoms with Gasteiger partial charge in [0.1, 0.15) is 17.4 Å². The van der Waals surface area contributed by atoms with Crippen LogP contribution in [0.2, 0.25) is 0 Å². The normalized spacial score (nSPS) is 36.1. The van der Waals surface area contributed by atoms with Crippen LogP contribution in [-0.2, 0) is 5.54 Å². The molecule has 3 aliphatic rings. The van der Waals surface area contributed by atoms with Crippen molar-refractivity contribution >= 4 is 0 Å². The average molecular weight is 316 g/mol. The molecule has 3 nitrogen and oxygen atoms in total. The molecule has 1 saturated carbocycles. The summed E-state index contributed by atoms with van der Waals surface area (Å²) >= 11 is 0.